The van der Waals surface area contributed by atoms with Gasteiger partial charge >= 0.3 is 0 Å². The van der Waals surface area contributed by atoms with Gasteiger partial charge in [-0.2, -0.15) is 9.97 Å². The lowest BCUT2D eigenvalue weighted by molar-refractivity contribution is 0.0319. The van der Waals surface area contributed by atoms with E-state index in [0.717, 1.165) is 0 Å². The minimum absolute atomic E-state index is 0.165. The van der Waals surface area contributed by atoms with Gasteiger partial charge in [-0.05, 0) is 5.16 Å². The number of ether oxygens (including phenoxy) is 1. The van der Waals surface area contributed by atoms with E-state index < -0.39 is 0 Å². The third-order valence-electron chi connectivity index (χ3n) is 3.24. The number of hydrogen-bond donors (Lipinski definition) is 0. The molecular weight excluding hydrogens is 274 g/mol. The largest absolute Gasteiger partial charge is 0.366 e. The van der Waals surface area contributed by atoms with Crippen molar-refractivity contribution in [2.75, 3.05) is 24.6 Å². The summed E-state index contributed by atoms with van der Waals surface area (Å²) in [5, 5.41) is 7.97. The molecule has 3 rings (SSSR count). The van der Waals surface area contributed by atoms with Gasteiger partial charge in [0.2, 0.25) is 17.6 Å². The number of aryl methyl sites for hydroxylation is 1. The van der Waals surface area contributed by atoms with Crippen LogP contribution in [0.25, 0.3) is 0 Å². The Balaban J connectivity index is 1.75. The second-order valence-corrected chi connectivity index (χ2v) is 6.13. The Morgan fingerprint density at radius 1 is 1.14 bits per heavy atom. The smallest absolute Gasteiger partial charge is 0.266 e. The van der Waals surface area contributed by atoms with Crippen LogP contribution in [0.1, 0.15) is 44.5 Å². The first-order chi connectivity index (χ1) is 9.93. The van der Waals surface area contributed by atoms with Crippen molar-refractivity contribution < 1.29 is 13.8 Å². The zero-order chi connectivity index (χ0) is 15.0. The van der Waals surface area contributed by atoms with E-state index in [1.807, 2.05) is 25.7 Å². The molecule has 2 aromatic rings. The van der Waals surface area contributed by atoms with Crippen LogP contribution in [0, 0.1) is 6.92 Å². The first-order valence-corrected chi connectivity index (χ1v) is 6.94. The Morgan fingerprint density at radius 3 is 2.57 bits per heavy atom. The van der Waals surface area contributed by atoms with E-state index in [-0.39, 0.29) is 11.5 Å². The van der Waals surface area contributed by atoms with Gasteiger partial charge in [0.15, 0.2) is 0 Å². The quantitative estimate of drug-likeness (QED) is 0.825. The van der Waals surface area contributed by atoms with Gasteiger partial charge < -0.3 is 18.7 Å². The summed E-state index contributed by atoms with van der Waals surface area (Å²) >= 11 is 0. The molecule has 0 saturated carbocycles. The summed E-state index contributed by atoms with van der Waals surface area (Å²) in [5.41, 5.74) is -0.165. The van der Waals surface area contributed by atoms with Crippen LogP contribution in [-0.2, 0) is 10.2 Å². The minimum atomic E-state index is -0.243. The third kappa shape index (κ3) is 2.90. The zero-order valence-electron chi connectivity index (χ0n) is 12.7. The van der Waals surface area contributed by atoms with E-state index in [0.29, 0.717) is 43.3 Å². The molecule has 21 heavy (non-hydrogen) atoms. The molecular formula is C13H19N5O3. The standard InChI is InChI=1S/C13H19N5O3/c1-8-14-10(16-20-8)9-7-18(5-6-19-9)12-15-11(21-17-12)13(2,3)4/h9H,5-7H2,1-4H3. The molecule has 8 heteroatoms. The Labute approximate surface area is 122 Å². The fourth-order valence-corrected chi connectivity index (χ4v) is 2.08. The maximum atomic E-state index is 5.69. The second-order valence-electron chi connectivity index (χ2n) is 6.13. The molecule has 0 amide bonds. The van der Waals surface area contributed by atoms with Gasteiger partial charge in [0.05, 0.1) is 13.2 Å². The Kier molecular flexibility index (Phi) is 3.40. The Morgan fingerprint density at radius 2 is 1.95 bits per heavy atom. The highest BCUT2D eigenvalue weighted by Crippen LogP contribution is 2.26. The topological polar surface area (TPSA) is 90.3 Å². The summed E-state index contributed by atoms with van der Waals surface area (Å²) in [7, 11) is 0. The zero-order valence-corrected chi connectivity index (χ0v) is 12.7. The van der Waals surface area contributed by atoms with Crippen molar-refractivity contribution in [3.8, 4) is 0 Å². The Bertz CT molecular complexity index is 615. The van der Waals surface area contributed by atoms with Crippen LogP contribution in [0.3, 0.4) is 0 Å². The first-order valence-electron chi connectivity index (χ1n) is 6.94. The molecule has 8 nitrogen and oxygen atoms in total. The van der Waals surface area contributed by atoms with Crippen LogP contribution < -0.4 is 4.90 Å². The molecule has 1 aliphatic heterocycles. The highest BCUT2D eigenvalue weighted by atomic mass is 16.5. The van der Waals surface area contributed by atoms with Crippen molar-refractivity contribution in [1.82, 2.24) is 20.3 Å². The van der Waals surface area contributed by atoms with Crippen molar-refractivity contribution >= 4 is 5.95 Å². The molecule has 0 aliphatic carbocycles. The van der Waals surface area contributed by atoms with Crippen LogP contribution in [0.5, 0.6) is 0 Å². The number of morpholine rings is 1. The van der Waals surface area contributed by atoms with Gasteiger partial charge in [0.25, 0.3) is 5.95 Å². The van der Waals surface area contributed by atoms with Crippen LogP contribution in [0.4, 0.5) is 5.95 Å². The first kappa shape index (κ1) is 14.0. The molecule has 1 fully saturated rings. The number of nitrogens with zero attached hydrogens (tertiary/aromatic N) is 5. The fraction of sp³-hybridized carbons (Fsp3) is 0.692. The van der Waals surface area contributed by atoms with Crippen LogP contribution >= 0.6 is 0 Å². The highest BCUT2D eigenvalue weighted by molar-refractivity contribution is 5.30. The second kappa shape index (κ2) is 5.10. The van der Waals surface area contributed by atoms with Crippen molar-refractivity contribution in [3.63, 3.8) is 0 Å². The van der Waals surface area contributed by atoms with Crippen molar-refractivity contribution in [1.29, 1.82) is 0 Å². The lowest BCUT2D eigenvalue weighted by atomic mass is 9.97. The predicted molar refractivity (Wildman–Crippen MR) is 72.9 cm³/mol. The summed E-state index contributed by atoms with van der Waals surface area (Å²) < 4.78 is 16.0. The maximum absolute atomic E-state index is 5.69. The lowest BCUT2D eigenvalue weighted by Crippen LogP contribution is -2.39. The molecule has 1 aliphatic rings. The van der Waals surface area contributed by atoms with E-state index >= 15 is 0 Å². The van der Waals surface area contributed by atoms with Gasteiger partial charge in [-0.1, -0.05) is 25.9 Å². The molecule has 3 heterocycles. The average Bonchev–Trinajstić information content (AvgIpc) is 3.07. The van der Waals surface area contributed by atoms with Gasteiger partial charge in [-0.3, -0.25) is 0 Å². The number of hydrogen-bond acceptors (Lipinski definition) is 8. The highest BCUT2D eigenvalue weighted by Gasteiger charge is 2.30. The molecule has 1 saturated heterocycles. The average molecular weight is 293 g/mol. The van der Waals surface area contributed by atoms with Gasteiger partial charge in [-0.25, -0.2) is 0 Å². The van der Waals surface area contributed by atoms with E-state index in [4.69, 9.17) is 13.8 Å². The van der Waals surface area contributed by atoms with Crippen molar-refractivity contribution in [2.24, 2.45) is 0 Å². The maximum Gasteiger partial charge on any atom is 0.266 e. The molecule has 0 aromatic carbocycles. The molecule has 0 spiro atoms. The molecule has 0 radical (unpaired) electrons. The third-order valence-corrected chi connectivity index (χ3v) is 3.24. The fourth-order valence-electron chi connectivity index (χ4n) is 2.08. The summed E-state index contributed by atoms with van der Waals surface area (Å²) in [6.45, 7) is 9.69. The minimum Gasteiger partial charge on any atom is -0.366 e. The number of rotatable bonds is 2. The lowest BCUT2D eigenvalue weighted by Gasteiger charge is -2.30. The molecule has 2 aromatic heterocycles. The number of aromatic nitrogens is 4. The summed E-state index contributed by atoms with van der Waals surface area (Å²) in [6.07, 6.45) is -0.243. The normalized spacial score (nSPS) is 20.0. The molecule has 1 atom stereocenters. The van der Waals surface area contributed by atoms with Crippen LogP contribution in [0.2, 0.25) is 0 Å². The summed E-state index contributed by atoms with van der Waals surface area (Å²) in [4.78, 5) is 10.7. The van der Waals surface area contributed by atoms with Gasteiger partial charge in [-0.15, -0.1) is 0 Å². The van der Waals surface area contributed by atoms with E-state index in [9.17, 15) is 0 Å². The molecule has 0 bridgehead atoms. The van der Waals surface area contributed by atoms with Crippen LogP contribution in [-0.4, -0.2) is 40.0 Å². The monoisotopic (exact) mass is 293 g/mol. The predicted octanol–water partition coefficient (Wildman–Crippen LogP) is 1.64. The van der Waals surface area contributed by atoms with E-state index in [2.05, 4.69) is 20.3 Å². The van der Waals surface area contributed by atoms with Crippen LogP contribution in [0.15, 0.2) is 9.05 Å². The number of anilines is 1. The molecule has 114 valence electrons. The van der Waals surface area contributed by atoms with Crippen molar-refractivity contribution in [3.05, 3.63) is 17.6 Å². The Hall–Kier alpha value is -1.96. The molecule has 0 N–H and O–H groups in total. The van der Waals surface area contributed by atoms with Crippen molar-refractivity contribution in [2.45, 2.75) is 39.2 Å². The summed E-state index contributed by atoms with van der Waals surface area (Å²) in [6, 6.07) is 0. The summed E-state index contributed by atoms with van der Waals surface area (Å²) in [5.74, 6) is 2.28. The van der Waals surface area contributed by atoms with E-state index in [1.165, 1.54) is 0 Å². The SMILES string of the molecule is Cc1nc(C2CN(c3noc(C(C)(C)C)n3)CCO2)no1. The van der Waals surface area contributed by atoms with E-state index in [1.54, 1.807) is 6.92 Å². The molecule has 1 unspecified atom stereocenters. The van der Waals surface area contributed by atoms with Gasteiger partial charge in [0.1, 0.15) is 6.10 Å². The van der Waals surface area contributed by atoms with Gasteiger partial charge in [0, 0.05) is 18.9 Å².